The van der Waals surface area contributed by atoms with Crippen molar-refractivity contribution in [2.75, 3.05) is 0 Å². The quantitative estimate of drug-likeness (QED) is 0.900. The average molecular weight is 246 g/mol. The normalized spacial score (nSPS) is 12.7. The van der Waals surface area contributed by atoms with E-state index in [2.05, 4.69) is 5.10 Å². The molecule has 0 saturated heterocycles. The van der Waals surface area contributed by atoms with E-state index in [4.69, 9.17) is 4.74 Å². The van der Waals surface area contributed by atoms with Crippen molar-refractivity contribution in [2.45, 2.75) is 26.1 Å². The molecule has 18 heavy (non-hydrogen) atoms. The summed E-state index contributed by atoms with van der Waals surface area (Å²) in [5.74, 6) is 0.762. The van der Waals surface area contributed by atoms with Crippen LogP contribution in [0.4, 0.5) is 0 Å². The molecular weight excluding hydrogens is 228 g/mol. The van der Waals surface area contributed by atoms with E-state index in [1.54, 1.807) is 10.7 Å². The zero-order valence-electron chi connectivity index (χ0n) is 10.9. The van der Waals surface area contributed by atoms with Crippen molar-refractivity contribution in [1.82, 2.24) is 9.78 Å². The highest BCUT2D eigenvalue weighted by Crippen LogP contribution is 2.24. The summed E-state index contributed by atoms with van der Waals surface area (Å²) >= 11 is 0. The molecule has 0 fully saturated rings. The Morgan fingerprint density at radius 1 is 1.28 bits per heavy atom. The van der Waals surface area contributed by atoms with Gasteiger partial charge in [0, 0.05) is 13.2 Å². The van der Waals surface area contributed by atoms with Crippen molar-refractivity contribution < 1.29 is 9.84 Å². The Balaban J connectivity index is 2.22. The Kier molecular flexibility index (Phi) is 3.67. The Hall–Kier alpha value is -1.81. The van der Waals surface area contributed by atoms with Gasteiger partial charge in [0.15, 0.2) is 0 Å². The minimum atomic E-state index is -0.720. The highest BCUT2D eigenvalue weighted by atomic mass is 16.5. The Bertz CT molecular complexity index is 520. The lowest BCUT2D eigenvalue weighted by Gasteiger charge is -2.13. The summed E-state index contributed by atoms with van der Waals surface area (Å²) in [4.78, 5) is 0. The molecule has 2 rings (SSSR count). The van der Waals surface area contributed by atoms with Gasteiger partial charge in [-0.2, -0.15) is 5.10 Å². The fourth-order valence-corrected chi connectivity index (χ4v) is 1.78. The number of hydrogen-bond donors (Lipinski definition) is 1. The van der Waals surface area contributed by atoms with E-state index < -0.39 is 6.10 Å². The van der Waals surface area contributed by atoms with Crippen LogP contribution >= 0.6 is 0 Å². The molecule has 0 aliphatic heterocycles. The number of aliphatic hydroxyl groups is 1. The molecule has 0 aliphatic rings. The summed E-state index contributed by atoms with van der Waals surface area (Å²) in [5, 5.41) is 14.4. The zero-order valence-corrected chi connectivity index (χ0v) is 10.9. The van der Waals surface area contributed by atoms with E-state index in [-0.39, 0.29) is 6.10 Å². The van der Waals surface area contributed by atoms with Gasteiger partial charge in [-0.25, -0.2) is 0 Å². The van der Waals surface area contributed by atoms with Gasteiger partial charge in [0.25, 0.3) is 0 Å². The second-order valence-corrected chi connectivity index (χ2v) is 4.56. The van der Waals surface area contributed by atoms with Gasteiger partial charge in [0.05, 0.1) is 11.8 Å². The lowest BCUT2D eigenvalue weighted by molar-refractivity contribution is 0.211. The molecule has 4 heteroatoms. The van der Waals surface area contributed by atoms with E-state index in [0.717, 1.165) is 11.3 Å². The van der Waals surface area contributed by atoms with Crippen molar-refractivity contribution in [2.24, 2.45) is 7.05 Å². The van der Waals surface area contributed by atoms with E-state index in [1.165, 1.54) is 0 Å². The van der Waals surface area contributed by atoms with Gasteiger partial charge >= 0.3 is 0 Å². The van der Waals surface area contributed by atoms with Crippen molar-refractivity contribution in [3.63, 3.8) is 0 Å². The van der Waals surface area contributed by atoms with Crippen LogP contribution in [0.5, 0.6) is 5.75 Å². The molecule has 1 aromatic heterocycles. The molecule has 2 aromatic rings. The Morgan fingerprint density at radius 2 is 2.06 bits per heavy atom. The number of hydrogen-bond acceptors (Lipinski definition) is 3. The van der Waals surface area contributed by atoms with Crippen molar-refractivity contribution in [3.05, 3.63) is 47.8 Å². The number of aromatic nitrogens is 2. The zero-order chi connectivity index (χ0) is 13.1. The van der Waals surface area contributed by atoms with Gasteiger partial charge in [0.1, 0.15) is 11.9 Å². The van der Waals surface area contributed by atoms with Gasteiger partial charge in [0.2, 0.25) is 0 Å². The first-order chi connectivity index (χ1) is 8.56. The number of nitrogens with zero attached hydrogens (tertiary/aromatic N) is 2. The summed E-state index contributed by atoms with van der Waals surface area (Å²) in [5.41, 5.74) is 1.42. The lowest BCUT2D eigenvalue weighted by Crippen LogP contribution is -2.07. The molecule has 1 unspecified atom stereocenters. The second kappa shape index (κ2) is 5.23. The standard InChI is InChI=1S/C14H18N2O2/c1-10(2)18-12-6-4-5-11(9-12)14(17)13-7-8-16(3)15-13/h4-10,14,17H,1-3H3. The third-order valence-electron chi connectivity index (χ3n) is 2.56. The molecule has 1 atom stereocenters. The maximum Gasteiger partial charge on any atom is 0.123 e. The largest absolute Gasteiger partial charge is 0.491 e. The lowest BCUT2D eigenvalue weighted by atomic mass is 10.1. The van der Waals surface area contributed by atoms with Gasteiger partial charge in [-0.3, -0.25) is 4.68 Å². The molecule has 0 amide bonds. The number of aryl methyl sites for hydroxylation is 1. The fraction of sp³-hybridized carbons (Fsp3) is 0.357. The highest BCUT2D eigenvalue weighted by molar-refractivity contribution is 5.33. The monoisotopic (exact) mass is 246 g/mol. The Morgan fingerprint density at radius 3 is 2.67 bits per heavy atom. The van der Waals surface area contributed by atoms with Crippen LogP contribution in [0.15, 0.2) is 36.5 Å². The highest BCUT2D eigenvalue weighted by Gasteiger charge is 2.13. The van der Waals surface area contributed by atoms with Crippen LogP contribution in [0, 0.1) is 0 Å². The summed E-state index contributed by atoms with van der Waals surface area (Å²) in [6.45, 7) is 3.95. The fourth-order valence-electron chi connectivity index (χ4n) is 1.78. The first-order valence-corrected chi connectivity index (χ1v) is 6.00. The Labute approximate surface area is 107 Å². The maximum absolute atomic E-state index is 10.2. The average Bonchev–Trinajstić information content (AvgIpc) is 2.74. The van der Waals surface area contributed by atoms with Crippen LogP contribution in [0.1, 0.15) is 31.2 Å². The molecular formula is C14H18N2O2. The smallest absolute Gasteiger partial charge is 0.123 e. The van der Waals surface area contributed by atoms with Crippen LogP contribution < -0.4 is 4.74 Å². The molecule has 4 nitrogen and oxygen atoms in total. The maximum atomic E-state index is 10.2. The van der Waals surface area contributed by atoms with Crippen LogP contribution in [-0.2, 0) is 7.05 Å². The first-order valence-electron chi connectivity index (χ1n) is 6.00. The van der Waals surface area contributed by atoms with Gasteiger partial charge in [-0.15, -0.1) is 0 Å². The molecule has 1 N–H and O–H groups in total. The van der Waals surface area contributed by atoms with Crippen LogP contribution in [-0.4, -0.2) is 21.0 Å². The summed E-state index contributed by atoms with van der Waals surface area (Å²) in [6.07, 6.45) is 1.21. The predicted molar refractivity (Wildman–Crippen MR) is 69.5 cm³/mol. The predicted octanol–water partition coefficient (Wildman–Crippen LogP) is 2.29. The number of rotatable bonds is 4. The number of ether oxygens (including phenoxy) is 1. The molecule has 0 bridgehead atoms. The summed E-state index contributed by atoms with van der Waals surface area (Å²) < 4.78 is 7.28. The van der Waals surface area contributed by atoms with Crippen LogP contribution in [0.3, 0.4) is 0 Å². The van der Waals surface area contributed by atoms with Crippen molar-refractivity contribution in [1.29, 1.82) is 0 Å². The third kappa shape index (κ3) is 2.90. The summed E-state index contributed by atoms with van der Waals surface area (Å²) in [7, 11) is 1.83. The minimum absolute atomic E-state index is 0.118. The van der Waals surface area contributed by atoms with Gasteiger partial charge in [-0.1, -0.05) is 12.1 Å². The topological polar surface area (TPSA) is 47.3 Å². The third-order valence-corrected chi connectivity index (χ3v) is 2.56. The van der Waals surface area contributed by atoms with Crippen LogP contribution in [0.25, 0.3) is 0 Å². The number of benzene rings is 1. The molecule has 1 heterocycles. The minimum Gasteiger partial charge on any atom is -0.491 e. The van der Waals surface area contributed by atoms with Gasteiger partial charge in [-0.05, 0) is 37.6 Å². The summed E-state index contributed by atoms with van der Waals surface area (Å²) in [6, 6.07) is 9.28. The van der Waals surface area contributed by atoms with E-state index in [9.17, 15) is 5.11 Å². The second-order valence-electron chi connectivity index (χ2n) is 4.56. The van der Waals surface area contributed by atoms with Gasteiger partial charge < -0.3 is 9.84 Å². The molecule has 1 aromatic carbocycles. The van der Waals surface area contributed by atoms with E-state index >= 15 is 0 Å². The first kappa shape index (κ1) is 12.6. The molecule has 96 valence electrons. The molecule has 0 radical (unpaired) electrons. The SMILES string of the molecule is CC(C)Oc1cccc(C(O)c2ccn(C)n2)c1. The van der Waals surface area contributed by atoms with Crippen molar-refractivity contribution in [3.8, 4) is 5.75 Å². The van der Waals surface area contributed by atoms with Crippen LogP contribution in [0.2, 0.25) is 0 Å². The molecule has 0 aliphatic carbocycles. The van der Waals surface area contributed by atoms with E-state index in [1.807, 2.05) is 51.4 Å². The number of aliphatic hydroxyl groups excluding tert-OH is 1. The van der Waals surface area contributed by atoms with E-state index in [0.29, 0.717) is 5.69 Å². The molecule has 0 saturated carbocycles. The molecule has 0 spiro atoms. The van der Waals surface area contributed by atoms with Crippen molar-refractivity contribution >= 4 is 0 Å².